The minimum absolute atomic E-state index is 0.0363. The molecule has 3 aliphatic heterocycles. The van der Waals surface area contributed by atoms with Crippen LogP contribution in [0.3, 0.4) is 0 Å². The van der Waals surface area contributed by atoms with E-state index in [-0.39, 0.29) is 56.0 Å². The van der Waals surface area contributed by atoms with E-state index in [1.54, 1.807) is 33.1 Å². The van der Waals surface area contributed by atoms with E-state index in [0.29, 0.717) is 73.4 Å². The van der Waals surface area contributed by atoms with E-state index in [2.05, 4.69) is 26.1 Å². The molecule has 5 aromatic rings. The highest BCUT2D eigenvalue weighted by Gasteiger charge is 2.45. The van der Waals surface area contributed by atoms with Gasteiger partial charge in [-0.2, -0.15) is 0 Å². The number of benzene rings is 3. The van der Waals surface area contributed by atoms with Gasteiger partial charge in [-0.25, -0.2) is 15.2 Å². The van der Waals surface area contributed by atoms with E-state index >= 15 is 0 Å². The number of carbonyl (C=O) groups excluding carboxylic acids is 5. The van der Waals surface area contributed by atoms with Crippen LogP contribution in [0, 0.1) is 0 Å². The van der Waals surface area contributed by atoms with Crippen LogP contribution < -0.4 is 16.1 Å². The lowest BCUT2D eigenvalue weighted by Crippen LogP contribution is -2.54. The van der Waals surface area contributed by atoms with Crippen LogP contribution in [0.2, 0.25) is 0 Å². The number of ether oxygens (including phenoxy) is 2. The number of carbonyl (C=O) groups is 5. The normalized spacial score (nSPS) is 16.5. The summed E-state index contributed by atoms with van der Waals surface area (Å²) in [7, 11) is 0. The standard InChI is InChI=1S/C42H42N10O10/c53-33-15-14-32(39(55)45-33)52-40(56)28-9-5-11-30(35(28)42(52)58)43-16-19-60-21-22-61-20-17-50-23-25(46-49-50)24-51-31-12-4-2-8-27(31)36(41(51)57)38-37(26-7-1-3-10-29(26)44-38)48-62-18-6-13-34(54)47-59/h1-5,7-12,23,32,43,57,59H,6,13-22,24H2,(H,47,54)(H,45,53,55). The first kappa shape index (κ1) is 41.4. The van der Waals surface area contributed by atoms with Crippen LogP contribution in [-0.2, 0) is 41.8 Å². The third kappa shape index (κ3) is 8.51. The summed E-state index contributed by atoms with van der Waals surface area (Å²) in [6.07, 6.45) is 2.30. The second-order valence-electron chi connectivity index (χ2n) is 14.5. The summed E-state index contributed by atoms with van der Waals surface area (Å²) in [4.78, 5) is 73.1. The molecule has 20 heteroatoms. The van der Waals surface area contributed by atoms with Gasteiger partial charge in [-0.1, -0.05) is 52.8 Å². The maximum atomic E-state index is 13.3. The predicted molar refractivity (Wildman–Crippen MR) is 220 cm³/mol. The lowest BCUT2D eigenvalue weighted by Gasteiger charge is -2.27. The van der Waals surface area contributed by atoms with Crippen LogP contribution in [0.4, 0.5) is 11.4 Å². The number of amides is 5. The molecule has 0 radical (unpaired) electrons. The van der Waals surface area contributed by atoms with Crippen molar-refractivity contribution in [3.8, 4) is 5.88 Å². The molecule has 8 rings (SSSR count). The third-order valence-corrected chi connectivity index (χ3v) is 10.5. The molecule has 2 aromatic heterocycles. The molecule has 1 atom stereocenters. The summed E-state index contributed by atoms with van der Waals surface area (Å²) in [5, 5.41) is 39.6. The number of anilines is 1. The second kappa shape index (κ2) is 18.5. The van der Waals surface area contributed by atoms with Crippen LogP contribution in [0.5, 0.6) is 5.88 Å². The van der Waals surface area contributed by atoms with Crippen molar-refractivity contribution in [2.75, 3.05) is 44.9 Å². The summed E-state index contributed by atoms with van der Waals surface area (Å²) in [6, 6.07) is 18.8. The summed E-state index contributed by atoms with van der Waals surface area (Å²) in [6.45, 7) is 2.33. The monoisotopic (exact) mass is 846 g/mol. The maximum absolute atomic E-state index is 13.3. The number of aromatic nitrogens is 4. The number of hydroxylamine groups is 1. The summed E-state index contributed by atoms with van der Waals surface area (Å²) < 4.78 is 14.8. The minimum atomic E-state index is -1.04. The van der Waals surface area contributed by atoms with Gasteiger partial charge in [0.2, 0.25) is 23.6 Å². The van der Waals surface area contributed by atoms with Gasteiger partial charge in [0, 0.05) is 36.0 Å². The van der Waals surface area contributed by atoms with Crippen molar-refractivity contribution in [2.45, 2.75) is 44.8 Å². The molecule has 0 bridgehead atoms. The summed E-state index contributed by atoms with van der Waals surface area (Å²) in [5.41, 5.74) is 6.51. The molecule has 5 N–H and O–H groups in total. The van der Waals surface area contributed by atoms with Gasteiger partial charge in [0.15, 0.2) is 0 Å². The molecule has 0 aliphatic carbocycles. The Morgan fingerprint density at radius 3 is 2.53 bits per heavy atom. The third-order valence-electron chi connectivity index (χ3n) is 10.5. The summed E-state index contributed by atoms with van der Waals surface area (Å²) >= 11 is 0. The lowest BCUT2D eigenvalue weighted by molar-refractivity contribution is -0.136. The Morgan fingerprint density at radius 2 is 1.69 bits per heavy atom. The Hall–Kier alpha value is -7.29. The molecule has 5 heterocycles. The molecule has 0 saturated carbocycles. The first-order chi connectivity index (χ1) is 30.2. The van der Waals surface area contributed by atoms with Gasteiger partial charge in [0.25, 0.3) is 11.8 Å². The number of piperidine rings is 1. The Kier molecular flexibility index (Phi) is 12.4. The molecule has 3 aromatic carbocycles. The van der Waals surface area contributed by atoms with Gasteiger partial charge in [0.05, 0.1) is 73.6 Å². The predicted octanol–water partition coefficient (Wildman–Crippen LogP) is 2.67. The van der Waals surface area contributed by atoms with Crippen molar-refractivity contribution in [1.29, 1.82) is 0 Å². The quantitative estimate of drug-likeness (QED) is 0.0347. The molecule has 1 fully saturated rings. The van der Waals surface area contributed by atoms with Crippen molar-refractivity contribution >= 4 is 63.2 Å². The van der Waals surface area contributed by atoms with E-state index in [1.807, 2.05) is 48.5 Å². The van der Waals surface area contributed by atoms with E-state index in [9.17, 15) is 29.1 Å². The highest BCUT2D eigenvalue weighted by molar-refractivity contribution is 6.58. The van der Waals surface area contributed by atoms with Crippen LogP contribution in [0.25, 0.3) is 10.9 Å². The van der Waals surface area contributed by atoms with Crippen LogP contribution >= 0.6 is 0 Å². The van der Waals surface area contributed by atoms with E-state index in [1.165, 1.54) is 6.07 Å². The first-order valence-electron chi connectivity index (χ1n) is 20.0. The topological polar surface area (TPSA) is 253 Å². The van der Waals surface area contributed by atoms with Gasteiger partial charge in [0.1, 0.15) is 29.8 Å². The molecule has 320 valence electrons. The molecule has 1 saturated heterocycles. The van der Waals surface area contributed by atoms with Crippen LogP contribution in [0.15, 0.2) is 83.1 Å². The fourth-order valence-electron chi connectivity index (χ4n) is 7.57. The van der Waals surface area contributed by atoms with Crippen LogP contribution in [0.1, 0.15) is 63.2 Å². The number of nitrogens with one attached hydrogen (secondary N) is 3. The number of hydrogen-bond acceptors (Lipinski definition) is 15. The largest absolute Gasteiger partial charge is 0.494 e. The number of para-hydroxylation sites is 2. The zero-order chi connectivity index (χ0) is 43.2. The Bertz CT molecular complexity index is 2620. The Morgan fingerprint density at radius 1 is 0.903 bits per heavy atom. The average Bonchev–Trinajstić information content (AvgIpc) is 4.02. The Balaban J connectivity index is 0.814. The van der Waals surface area contributed by atoms with Crippen molar-refractivity contribution in [3.05, 3.63) is 101 Å². The molecule has 62 heavy (non-hydrogen) atoms. The number of nitrogens with zero attached hydrogens (tertiary/aromatic N) is 7. The fourth-order valence-corrected chi connectivity index (χ4v) is 7.57. The first-order valence-corrected chi connectivity index (χ1v) is 20.0. The molecule has 5 amide bonds. The van der Waals surface area contributed by atoms with Crippen molar-refractivity contribution in [2.24, 2.45) is 10.1 Å². The van der Waals surface area contributed by atoms with Crippen molar-refractivity contribution < 1.29 is 48.6 Å². The average molecular weight is 847 g/mol. The van der Waals surface area contributed by atoms with Crippen LogP contribution in [-0.4, -0.2) is 121 Å². The Labute approximate surface area is 353 Å². The maximum Gasteiger partial charge on any atom is 0.264 e. The minimum Gasteiger partial charge on any atom is -0.494 e. The van der Waals surface area contributed by atoms with E-state index in [4.69, 9.17) is 24.5 Å². The zero-order valence-electron chi connectivity index (χ0n) is 33.3. The van der Waals surface area contributed by atoms with Crippen molar-refractivity contribution in [1.82, 2.24) is 35.3 Å². The second-order valence-corrected chi connectivity index (χ2v) is 14.5. The smallest absolute Gasteiger partial charge is 0.264 e. The fraction of sp³-hybridized carbons (Fsp3) is 0.310. The molecule has 3 aliphatic rings. The van der Waals surface area contributed by atoms with Crippen molar-refractivity contribution in [3.63, 3.8) is 0 Å². The number of hydrogen-bond donors (Lipinski definition) is 5. The number of aromatic hydroxyl groups is 1. The van der Waals surface area contributed by atoms with E-state index in [0.717, 1.165) is 21.4 Å². The van der Waals surface area contributed by atoms with Gasteiger partial charge < -0.3 is 29.3 Å². The molecule has 1 unspecified atom stereocenters. The number of aliphatic imine (C=N–C) groups is 1. The van der Waals surface area contributed by atoms with Gasteiger partial charge >= 0.3 is 0 Å². The van der Waals surface area contributed by atoms with Gasteiger partial charge in [-0.05, 0) is 37.1 Å². The SMILES string of the molecule is O=C(CCCON=C1C(c2c(O)n(Cc3cn(CCOCCOCCNc4cccc5c4C(=O)N(C4CCC(=O)NC4=O)C5=O)nn3)c3ccccc23)=Nc2ccccc21)NO. The number of imide groups is 2. The molecular weight excluding hydrogens is 805 g/mol. The highest BCUT2D eigenvalue weighted by atomic mass is 16.6. The van der Waals surface area contributed by atoms with Gasteiger partial charge in [-0.15, -0.1) is 5.10 Å². The number of fused-ring (bicyclic) bond motifs is 3. The molecular formula is C42H42N10O10. The molecule has 20 nitrogen and oxygen atoms in total. The van der Waals surface area contributed by atoms with E-state index < -0.39 is 35.6 Å². The van der Waals surface area contributed by atoms with Gasteiger partial charge in [-0.3, -0.25) is 39.4 Å². The molecule has 0 spiro atoms. The summed E-state index contributed by atoms with van der Waals surface area (Å²) in [5.74, 6) is -2.81. The highest BCUT2D eigenvalue weighted by Crippen LogP contribution is 2.38. The lowest BCUT2D eigenvalue weighted by atomic mass is 10.0. The number of rotatable bonds is 19. The zero-order valence-corrected chi connectivity index (χ0v) is 33.3. The number of oxime groups is 1.